The molecule has 0 aromatic heterocycles. The second-order valence-corrected chi connectivity index (χ2v) is 7.77. The number of nitrogens with zero attached hydrogens (tertiary/aromatic N) is 2. The van der Waals surface area contributed by atoms with Gasteiger partial charge in [0.2, 0.25) is 0 Å². The van der Waals surface area contributed by atoms with E-state index in [4.69, 9.17) is 43.5 Å². The van der Waals surface area contributed by atoms with Gasteiger partial charge >= 0.3 is 11.9 Å². The van der Waals surface area contributed by atoms with Gasteiger partial charge in [0, 0.05) is 49.9 Å². The van der Waals surface area contributed by atoms with Gasteiger partial charge in [0.05, 0.1) is 35.5 Å². The van der Waals surface area contributed by atoms with Crippen LogP contribution in [0.5, 0.6) is 28.7 Å². The molecule has 2 aromatic carbocycles. The minimum Gasteiger partial charge on any atom is -0.496 e. The molecule has 2 aromatic rings. The summed E-state index contributed by atoms with van der Waals surface area (Å²) in [5.41, 5.74) is 1.60. The number of carbonyl (C=O) groups excluding carboxylic acids is 1. The molecule has 12 heteroatoms. The van der Waals surface area contributed by atoms with Crippen molar-refractivity contribution in [1.82, 2.24) is 9.80 Å². The summed E-state index contributed by atoms with van der Waals surface area (Å²) in [7, 11) is 8.00. The minimum atomic E-state index is -1.82. The number of carboxylic acids is 2. The average Bonchev–Trinajstić information content (AvgIpc) is 2.92. The van der Waals surface area contributed by atoms with E-state index < -0.39 is 11.9 Å². The first-order valence-electron chi connectivity index (χ1n) is 11.2. The van der Waals surface area contributed by atoms with Crippen LogP contribution in [0, 0.1) is 0 Å². The lowest BCUT2D eigenvalue weighted by molar-refractivity contribution is -0.159. The summed E-state index contributed by atoms with van der Waals surface area (Å²) in [6.45, 7) is 3.50. The van der Waals surface area contributed by atoms with Crippen molar-refractivity contribution in [3.05, 3.63) is 41.5 Å². The molecule has 1 heterocycles. The van der Waals surface area contributed by atoms with Crippen LogP contribution in [0.15, 0.2) is 30.3 Å². The molecule has 1 aliphatic heterocycles. The molecular weight excluding hydrogens is 488 g/mol. The number of amides is 1. The van der Waals surface area contributed by atoms with E-state index >= 15 is 0 Å². The molecule has 1 fully saturated rings. The van der Waals surface area contributed by atoms with Gasteiger partial charge in [-0.3, -0.25) is 9.69 Å². The topological polar surface area (TPSA) is 144 Å². The van der Waals surface area contributed by atoms with E-state index in [1.165, 1.54) is 0 Å². The van der Waals surface area contributed by atoms with Crippen molar-refractivity contribution >= 4 is 17.8 Å². The smallest absolute Gasteiger partial charge is 0.414 e. The monoisotopic (exact) mass is 520 g/mol. The summed E-state index contributed by atoms with van der Waals surface area (Å²) in [4.78, 5) is 35.3. The Morgan fingerprint density at radius 1 is 0.676 bits per heavy atom. The first-order chi connectivity index (χ1) is 17.7. The van der Waals surface area contributed by atoms with Crippen molar-refractivity contribution in [3.63, 3.8) is 0 Å². The maximum atomic E-state index is 12.9. The highest BCUT2D eigenvalue weighted by atomic mass is 16.5. The molecule has 0 unspecified atom stereocenters. The van der Waals surface area contributed by atoms with E-state index in [2.05, 4.69) is 4.90 Å². The summed E-state index contributed by atoms with van der Waals surface area (Å²) >= 11 is 0. The maximum Gasteiger partial charge on any atom is 0.414 e. The van der Waals surface area contributed by atoms with Crippen molar-refractivity contribution in [2.75, 3.05) is 61.7 Å². The third kappa shape index (κ3) is 7.64. The van der Waals surface area contributed by atoms with Crippen LogP contribution in [-0.2, 0) is 16.1 Å². The van der Waals surface area contributed by atoms with E-state index in [-0.39, 0.29) is 5.91 Å². The van der Waals surface area contributed by atoms with E-state index in [9.17, 15) is 4.79 Å². The summed E-state index contributed by atoms with van der Waals surface area (Å²) < 4.78 is 26.9. The molecule has 1 aliphatic rings. The van der Waals surface area contributed by atoms with Gasteiger partial charge in [0.25, 0.3) is 5.91 Å². The second-order valence-electron chi connectivity index (χ2n) is 7.77. The molecule has 3 rings (SSSR count). The molecular formula is C25H32N2O10. The molecule has 37 heavy (non-hydrogen) atoms. The molecule has 202 valence electrons. The number of hydrogen-bond acceptors (Lipinski definition) is 9. The molecule has 12 nitrogen and oxygen atoms in total. The lowest BCUT2D eigenvalue weighted by atomic mass is 10.1. The van der Waals surface area contributed by atoms with Crippen LogP contribution in [-0.4, -0.2) is 99.6 Å². The fourth-order valence-corrected chi connectivity index (χ4v) is 3.72. The van der Waals surface area contributed by atoms with Crippen molar-refractivity contribution in [2.24, 2.45) is 0 Å². The normalized spacial score (nSPS) is 13.1. The molecule has 0 saturated carbocycles. The third-order valence-electron chi connectivity index (χ3n) is 5.65. The Morgan fingerprint density at radius 2 is 1.16 bits per heavy atom. The molecule has 0 spiro atoms. The first kappa shape index (κ1) is 29.0. The molecule has 2 N–H and O–H groups in total. The van der Waals surface area contributed by atoms with E-state index in [0.717, 1.165) is 24.4 Å². The van der Waals surface area contributed by atoms with Gasteiger partial charge in [0.1, 0.15) is 5.75 Å². The Kier molecular flexibility index (Phi) is 10.8. The van der Waals surface area contributed by atoms with Gasteiger partial charge in [-0.05, 0) is 24.3 Å². The molecule has 1 saturated heterocycles. The van der Waals surface area contributed by atoms with Crippen molar-refractivity contribution in [1.29, 1.82) is 0 Å². The van der Waals surface area contributed by atoms with Gasteiger partial charge in [-0.25, -0.2) is 9.59 Å². The predicted octanol–water partition coefficient (Wildman–Crippen LogP) is 1.84. The van der Waals surface area contributed by atoms with Gasteiger partial charge in [-0.1, -0.05) is 0 Å². The zero-order valence-corrected chi connectivity index (χ0v) is 21.5. The van der Waals surface area contributed by atoms with Crippen LogP contribution in [0.3, 0.4) is 0 Å². The summed E-state index contributed by atoms with van der Waals surface area (Å²) in [6.07, 6.45) is 0. The largest absolute Gasteiger partial charge is 0.496 e. The SMILES string of the molecule is COc1cc(OC)c(OC)cc1CN1CCN(C(=O)c2ccc(OC)c(OC)c2)CC1.O=C(O)C(=O)O. The van der Waals surface area contributed by atoms with Gasteiger partial charge in [0.15, 0.2) is 23.0 Å². The van der Waals surface area contributed by atoms with E-state index in [1.807, 2.05) is 17.0 Å². The van der Waals surface area contributed by atoms with Crippen LogP contribution >= 0.6 is 0 Å². The lowest BCUT2D eigenvalue weighted by Gasteiger charge is -2.35. The lowest BCUT2D eigenvalue weighted by Crippen LogP contribution is -2.48. The standard InChI is InChI=1S/C23H30N2O6.C2H2O4/c1-27-18-7-6-16(12-20(18)29-3)23(26)25-10-8-24(9-11-25)15-17-13-21(30-4)22(31-5)14-19(17)28-2;3-1(4)2(5)6/h6-7,12-14H,8-11,15H2,1-5H3;(H,3,4)(H,5,6). The Hall–Kier alpha value is -4.19. The molecule has 1 amide bonds. The number of carboxylic acid groups (broad SMARTS) is 2. The number of rotatable bonds is 8. The van der Waals surface area contributed by atoms with Gasteiger partial charge < -0.3 is 38.8 Å². The maximum absolute atomic E-state index is 12.9. The number of benzene rings is 2. The highest BCUT2D eigenvalue weighted by Gasteiger charge is 2.24. The number of methoxy groups -OCH3 is 5. The van der Waals surface area contributed by atoms with Crippen LogP contribution in [0.4, 0.5) is 0 Å². The zero-order chi connectivity index (χ0) is 27.5. The van der Waals surface area contributed by atoms with Crippen LogP contribution < -0.4 is 23.7 Å². The second kappa shape index (κ2) is 13.8. The van der Waals surface area contributed by atoms with Crippen LogP contribution in [0.1, 0.15) is 15.9 Å². The Labute approximate surface area is 214 Å². The highest BCUT2D eigenvalue weighted by molar-refractivity contribution is 6.27. The number of carbonyl (C=O) groups is 3. The summed E-state index contributed by atoms with van der Waals surface area (Å²) in [6, 6.07) is 9.03. The van der Waals surface area contributed by atoms with E-state index in [0.29, 0.717) is 48.2 Å². The number of ether oxygens (including phenoxy) is 5. The van der Waals surface area contributed by atoms with E-state index in [1.54, 1.807) is 53.7 Å². The third-order valence-corrected chi connectivity index (χ3v) is 5.65. The fourth-order valence-electron chi connectivity index (χ4n) is 3.72. The van der Waals surface area contributed by atoms with Crippen LogP contribution in [0.2, 0.25) is 0 Å². The van der Waals surface area contributed by atoms with Gasteiger partial charge in [-0.2, -0.15) is 0 Å². The predicted molar refractivity (Wildman–Crippen MR) is 132 cm³/mol. The van der Waals surface area contributed by atoms with Crippen molar-refractivity contribution in [3.8, 4) is 28.7 Å². The Balaban J connectivity index is 0.000000717. The number of hydrogen-bond donors (Lipinski definition) is 2. The Bertz CT molecular complexity index is 1090. The fraction of sp³-hybridized carbons (Fsp3) is 0.400. The molecule has 0 aliphatic carbocycles. The molecule has 0 bridgehead atoms. The average molecular weight is 521 g/mol. The first-order valence-corrected chi connectivity index (χ1v) is 11.2. The molecule has 0 atom stereocenters. The van der Waals surface area contributed by atoms with Crippen LogP contribution in [0.25, 0.3) is 0 Å². The Morgan fingerprint density at radius 3 is 1.65 bits per heavy atom. The van der Waals surface area contributed by atoms with Gasteiger partial charge in [-0.15, -0.1) is 0 Å². The summed E-state index contributed by atoms with van der Waals surface area (Å²) in [5.74, 6) is -0.454. The highest BCUT2D eigenvalue weighted by Crippen LogP contribution is 2.35. The zero-order valence-electron chi connectivity index (χ0n) is 21.5. The summed E-state index contributed by atoms with van der Waals surface area (Å²) in [5, 5.41) is 14.8. The van der Waals surface area contributed by atoms with Crippen molar-refractivity contribution in [2.45, 2.75) is 6.54 Å². The minimum absolute atomic E-state index is 0.00991. The number of aliphatic carboxylic acids is 2. The number of piperazine rings is 1. The molecule has 0 radical (unpaired) electrons. The van der Waals surface area contributed by atoms with Crippen molar-refractivity contribution < 1.29 is 48.3 Å². The quantitative estimate of drug-likeness (QED) is 0.492.